The summed E-state index contributed by atoms with van der Waals surface area (Å²) in [5.74, 6) is 1.09. The zero-order chi connectivity index (χ0) is 15.4. The van der Waals surface area contributed by atoms with Crippen molar-refractivity contribution in [3.8, 4) is 0 Å². The summed E-state index contributed by atoms with van der Waals surface area (Å²) in [6, 6.07) is 1.87. The van der Waals surface area contributed by atoms with Crippen LogP contribution >= 0.6 is 0 Å². The number of fused-ring (bicyclic) bond motifs is 1. The first-order chi connectivity index (χ1) is 10.8. The molecule has 1 fully saturated rings. The Bertz CT molecular complexity index is 535. The summed E-state index contributed by atoms with van der Waals surface area (Å²) in [7, 11) is 0. The van der Waals surface area contributed by atoms with Gasteiger partial charge in [0.2, 0.25) is 0 Å². The normalized spacial score (nSPS) is 21.3. The van der Waals surface area contributed by atoms with Crippen LogP contribution in [0.2, 0.25) is 0 Å². The van der Waals surface area contributed by atoms with Gasteiger partial charge in [0.1, 0.15) is 0 Å². The molecular weight excluding hydrogens is 280 g/mol. The quantitative estimate of drug-likeness (QED) is 0.895. The van der Waals surface area contributed by atoms with Crippen molar-refractivity contribution in [3.05, 3.63) is 17.3 Å². The molecule has 0 aromatic carbocycles. The van der Waals surface area contributed by atoms with Crippen LogP contribution in [0.1, 0.15) is 43.4 Å². The van der Waals surface area contributed by atoms with Gasteiger partial charge in [-0.1, -0.05) is 0 Å². The van der Waals surface area contributed by atoms with Crippen molar-refractivity contribution in [2.75, 3.05) is 25.0 Å². The third-order valence-corrected chi connectivity index (χ3v) is 4.73. The second-order valence-electron chi connectivity index (χ2n) is 6.28. The lowest BCUT2D eigenvalue weighted by Crippen LogP contribution is -2.36. The summed E-state index contributed by atoms with van der Waals surface area (Å²) >= 11 is 0. The fourth-order valence-corrected chi connectivity index (χ4v) is 3.42. The average molecular weight is 304 g/mol. The number of amides is 2. The maximum atomic E-state index is 12.4. The van der Waals surface area contributed by atoms with Gasteiger partial charge in [-0.25, -0.2) is 4.79 Å². The smallest absolute Gasteiger partial charge is 0.323 e. The fourth-order valence-electron chi connectivity index (χ4n) is 3.42. The van der Waals surface area contributed by atoms with Crippen molar-refractivity contribution in [2.24, 2.45) is 5.92 Å². The molecule has 3 rings (SSSR count). The molecule has 0 unspecified atom stereocenters. The van der Waals surface area contributed by atoms with E-state index in [2.05, 4.69) is 15.5 Å². The van der Waals surface area contributed by atoms with Crippen LogP contribution in [0.25, 0.3) is 0 Å². The Morgan fingerprint density at radius 3 is 3.05 bits per heavy atom. The van der Waals surface area contributed by atoms with Crippen LogP contribution < -0.4 is 5.32 Å². The summed E-state index contributed by atoms with van der Waals surface area (Å²) in [6.07, 6.45) is 7.03. The van der Waals surface area contributed by atoms with Crippen LogP contribution in [0.15, 0.2) is 6.07 Å². The van der Waals surface area contributed by atoms with Crippen molar-refractivity contribution >= 4 is 11.8 Å². The highest BCUT2D eigenvalue weighted by Gasteiger charge is 2.21. The van der Waals surface area contributed by atoms with Crippen LogP contribution in [0.4, 0.5) is 10.6 Å². The predicted molar refractivity (Wildman–Crippen MR) is 83.7 cm³/mol. The third kappa shape index (κ3) is 3.55. The Labute approximate surface area is 130 Å². The van der Waals surface area contributed by atoms with Crippen molar-refractivity contribution < 1.29 is 9.90 Å². The van der Waals surface area contributed by atoms with Gasteiger partial charge >= 0.3 is 6.03 Å². The highest BCUT2D eigenvalue weighted by atomic mass is 16.3. The molecule has 1 saturated heterocycles. The number of anilines is 1. The van der Waals surface area contributed by atoms with Crippen LogP contribution in [0.5, 0.6) is 0 Å². The number of carbonyl (C=O) groups is 1. The van der Waals surface area contributed by atoms with Crippen molar-refractivity contribution in [1.82, 2.24) is 15.1 Å². The van der Waals surface area contributed by atoms with E-state index in [4.69, 9.17) is 5.11 Å². The number of aromatic nitrogens is 2. The van der Waals surface area contributed by atoms with E-state index in [0.717, 1.165) is 63.7 Å². The number of urea groups is 1. The molecule has 1 aromatic rings. The highest BCUT2D eigenvalue weighted by molar-refractivity contribution is 5.88. The number of nitrogens with one attached hydrogen (secondary N) is 1. The summed E-state index contributed by atoms with van der Waals surface area (Å²) < 4.78 is 0. The maximum absolute atomic E-state index is 12.4. The van der Waals surface area contributed by atoms with E-state index in [1.165, 1.54) is 5.56 Å². The molecule has 0 saturated carbocycles. The number of hydrogen-bond donors (Lipinski definition) is 2. The van der Waals surface area contributed by atoms with Gasteiger partial charge in [-0.15, -0.1) is 5.10 Å². The molecule has 2 aliphatic rings. The standard InChI is InChI=1S/C16H24N4O2/c21-10-7-12-3-2-8-20(9-6-12)16(22)17-15-11-13-4-1-5-14(13)18-19-15/h11-12,21H,1-10H2,(H,17,19,22)/t12-/m0/s1. The molecule has 0 spiro atoms. The summed E-state index contributed by atoms with van der Waals surface area (Å²) in [4.78, 5) is 14.2. The summed E-state index contributed by atoms with van der Waals surface area (Å²) in [6.45, 7) is 1.75. The molecule has 6 nitrogen and oxygen atoms in total. The molecule has 22 heavy (non-hydrogen) atoms. The Morgan fingerprint density at radius 2 is 2.18 bits per heavy atom. The first-order valence-corrected chi connectivity index (χ1v) is 8.28. The fraction of sp³-hybridized carbons (Fsp3) is 0.688. The van der Waals surface area contributed by atoms with Gasteiger partial charge in [0, 0.05) is 19.7 Å². The lowest BCUT2D eigenvalue weighted by Gasteiger charge is -2.20. The number of carbonyl (C=O) groups excluding carboxylic acids is 1. The first-order valence-electron chi connectivity index (χ1n) is 8.28. The molecule has 1 aliphatic heterocycles. The highest BCUT2D eigenvalue weighted by Crippen LogP contribution is 2.22. The Balaban J connectivity index is 1.57. The van der Waals surface area contributed by atoms with Gasteiger partial charge in [-0.2, -0.15) is 5.10 Å². The first kappa shape index (κ1) is 15.2. The lowest BCUT2D eigenvalue weighted by molar-refractivity contribution is 0.211. The molecule has 2 heterocycles. The van der Waals surface area contributed by atoms with E-state index in [1.54, 1.807) is 0 Å². The lowest BCUT2D eigenvalue weighted by atomic mass is 9.98. The third-order valence-electron chi connectivity index (χ3n) is 4.73. The molecule has 1 aromatic heterocycles. The predicted octanol–water partition coefficient (Wildman–Crippen LogP) is 1.98. The summed E-state index contributed by atoms with van der Waals surface area (Å²) in [5, 5.41) is 20.2. The van der Waals surface area contributed by atoms with Gasteiger partial charge in [-0.3, -0.25) is 5.32 Å². The largest absolute Gasteiger partial charge is 0.396 e. The van der Waals surface area contributed by atoms with Crippen LogP contribution in [0, 0.1) is 5.92 Å². The number of aliphatic hydroxyl groups is 1. The molecule has 2 amide bonds. The average Bonchev–Trinajstić information content (AvgIpc) is 2.85. The molecule has 2 N–H and O–H groups in total. The Kier molecular flexibility index (Phi) is 4.87. The van der Waals surface area contributed by atoms with Crippen molar-refractivity contribution in [1.29, 1.82) is 0 Å². The number of aryl methyl sites for hydroxylation is 2. The molecule has 120 valence electrons. The number of hydrogen-bond acceptors (Lipinski definition) is 4. The minimum atomic E-state index is -0.0862. The number of nitrogens with zero attached hydrogens (tertiary/aromatic N) is 3. The van der Waals surface area contributed by atoms with Crippen molar-refractivity contribution in [2.45, 2.75) is 44.9 Å². The molecule has 1 aliphatic carbocycles. The number of likely N-dealkylation sites (tertiary alicyclic amines) is 1. The van der Waals surface area contributed by atoms with Crippen molar-refractivity contribution in [3.63, 3.8) is 0 Å². The van der Waals surface area contributed by atoms with Gasteiger partial charge in [-0.05, 0) is 62.5 Å². The second-order valence-corrected chi connectivity index (χ2v) is 6.28. The van der Waals surface area contributed by atoms with Gasteiger partial charge < -0.3 is 10.0 Å². The van der Waals surface area contributed by atoms with Crippen LogP contribution in [-0.2, 0) is 12.8 Å². The minimum absolute atomic E-state index is 0.0862. The monoisotopic (exact) mass is 304 g/mol. The Morgan fingerprint density at radius 1 is 1.27 bits per heavy atom. The number of aliphatic hydroxyl groups excluding tert-OH is 1. The van der Waals surface area contributed by atoms with Crippen LogP contribution in [-0.4, -0.2) is 45.9 Å². The van der Waals surface area contributed by atoms with E-state index in [1.807, 2.05) is 11.0 Å². The minimum Gasteiger partial charge on any atom is -0.396 e. The molecular formula is C16H24N4O2. The van der Waals surface area contributed by atoms with E-state index in [0.29, 0.717) is 11.7 Å². The van der Waals surface area contributed by atoms with Gasteiger partial charge in [0.15, 0.2) is 5.82 Å². The van der Waals surface area contributed by atoms with E-state index in [9.17, 15) is 4.79 Å². The second kappa shape index (κ2) is 7.05. The summed E-state index contributed by atoms with van der Waals surface area (Å²) in [5.41, 5.74) is 2.28. The van der Waals surface area contributed by atoms with E-state index < -0.39 is 0 Å². The molecule has 1 atom stereocenters. The van der Waals surface area contributed by atoms with Gasteiger partial charge in [0.05, 0.1) is 5.69 Å². The Hall–Kier alpha value is -1.69. The maximum Gasteiger partial charge on any atom is 0.323 e. The molecule has 0 radical (unpaired) electrons. The molecule has 6 heteroatoms. The van der Waals surface area contributed by atoms with Crippen LogP contribution in [0.3, 0.4) is 0 Å². The SMILES string of the molecule is O=C(Nc1cc2c(nn1)CCC2)N1CCC[C@H](CCO)CC1. The van der Waals surface area contributed by atoms with E-state index >= 15 is 0 Å². The zero-order valence-electron chi connectivity index (χ0n) is 12.9. The number of rotatable bonds is 3. The van der Waals surface area contributed by atoms with Gasteiger partial charge in [0.25, 0.3) is 0 Å². The molecule has 0 bridgehead atoms. The topological polar surface area (TPSA) is 78.4 Å². The van der Waals surface area contributed by atoms with E-state index in [-0.39, 0.29) is 12.6 Å². The zero-order valence-corrected chi connectivity index (χ0v) is 12.9.